The van der Waals surface area contributed by atoms with Gasteiger partial charge in [-0.2, -0.15) is 5.10 Å². The van der Waals surface area contributed by atoms with Crippen molar-refractivity contribution >= 4 is 23.5 Å². The second-order valence-electron chi connectivity index (χ2n) is 7.06. The van der Waals surface area contributed by atoms with Crippen LogP contribution in [0, 0.1) is 5.82 Å². The highest BCUT2D eigenvalue weighted by Crippen LogP contribution is 2.23. The molecule has 0 fully saturated rings. The van der Waals surface area contributed by atoms with Crippen molar-refractivity contribution in [1.29, 1.82) is 0 Å². The number of carboxylic acids is 1. The molecule has 1 amide bonds. The van der Waals surface area contributed by atoms with Crippen molar-refractivity contribution < 1.29 is 19.1 Å². The predicted octanol–water partition coefficient (Wildman–Crippen LogP) is 2.37. The van der Waals surface area contributed by atoms with Crippen molar-refractivity contribution in [3.8, 4) is 11.3 Å². The van der Waals surface area contributed by atoms with Crippen LogP contribution in [-0.4, -0.2) is 51.4 Å². The van der Waals surface area contributed by atoms with Crippen molar-refractivity contribution in [3.05, 3.63) is 60.0 Å². The Morgan fingerprint density at radius 2 is 1.94 bits per heavy atom. The minimum Gasteiger partial charge on any atom is -0.480 e. The Labute approximate surface area is 184 Å². The number of aliphatic carboxylic acids is 1. The molecule has 4 N–H and O–H groups in total. The Morgan fingerprint density at radius 3 is 2.59 bits per heavy atom. The molecule has 168 valence electrons. The summed E-state index contributed by atoms with van der Waals surface area (Å²) in [5.41, 5.74) is 2.19. The fourth-order valence-electron chi connectivity index (χ4n) is 3.16. The van der Waals surface area contributed by atoms with Crippen LogP contribution >= 0.6 is 0 Å². The first-order valence-corrected chi connectivity index (χ1v) is 10.1. The molecule has 0 saturated carbocycles. The van der Waals surface area contributed by atoms with E-state index < -0.39 is 17.9 Å². The number of aryl methyl sites for hydroxylation is 1. The summed E-state index contributed by atoms with van der Waals surface area (Å²) in [6.07, 6.45) is 1.86. The number of hydrogen-bond acceptors (Lipinski definition) is 6. The molecule has 3 aromatic rings. The molecule has 0 aliphatic rings. The third kappa shape index (κ3) is 5.88. The van der Waals surface area contributed by atoms with Crippen molar-refractivity contribution in [2.24, 2.45) is 0 Å². The summed E-state index contributed by atoms with van der Waals surface area (Å²) < 4.78 is 14.9. The van der Waals surface area contributed by atoms with Gasteiger partial charge in [0.1, 0.15) is 17.5 Å². The maximum atomic E-state index is 13.2. The number of nitrogens with one attached hydrogen (secondary N) is 3. The fourth-order valence-corrected chi connectivity index (χ4v) is 3.16. The van der Waals surface area contributed by atoms with Gasteiger partial charge >= 0.3 is 5.97 Å². The van der Waals surface area contributed by atoms with E-state index in [-0.39, 0.29) is 18.8 Å². The van der Waals surface area contributed by atoms with Gasteiger partial charge in [-0.05, 0) is 43.2 Å². The van der Waals surface area contributed by atoms with Gasteiger partial charge in [-0.25, -0.2) is 14.1 Å². The molecule has 1 aromatic carbocycles. The summed E-state index contributed by atoms with van der Waals surface area (Å²) >= 11 is 0. The highest BCUT2D eigenvalue weighted by atomic mass is 19.1. The smallest absolute Gasteiger partial charge is 0.317 e. The zero-order valence-electron chi connectivity index (χ0n) is 17.8. The van der Waals surface area contributed by atoms with Crippen LogP contribution in [0.1, 0.15) is 12.5 Å². The lowest BCUT2D eigenvalue weighted by Gasteiger charge is -2.18. The maximum Gasteiger partial charge on any atom is 0.317 e. The van der Waals surface area contributed by atoms with E-state index in [2.05, 4.69) is 26.0 Å². The highest BCUT2D eigenvalue weighted by molar-refractivity contribution is 5.95. The maximum absolute atomic E-state index is 13.2. The van der Waals surface area contributed by atoms with Crippen LogP contribution in [0.15, 0.2) is 48.7 Å². The number of aromatic nitrogens is 3. The highest BCUT2D eigenvalue weighted by Gasteiger charge is 2.22. The van der Waals surface area contributed by atoms with Gasteiger partial charge in [0.25, 0.3) is 0 Å². The molecule has 0 aliphatic heterocycles. The van der Waals surface area contributed by atoms with Gasteiger partial charge in [0.2, 0.25) is 5.91 Å². The Kier molecular flexibility index (Phi) is 7.50. The average molecular weight is 440 g/mol. The van der Waals surface area contributed by atoms with E-state index >= 15 is 0 Å². The minimum atomic E-state index is -1.08. The molecular formula is C22H25FN6O3. The minimum absolute atomic E-state index is 0.197. The van der Waals surface area contributed by atoms with E-state index in [0.717, 1.165) is 5.56 Å². The number of anilines is 2. The average Bonchev–Trinajstić information content (AvgIpc) is 3.20. The number of rotatable bonds is 10. The Hall–Kier alpha value is -3.79. The van der Waals surface area contributed by atoms with Gasteiger partial charge in [0, 0.05) is 31.4 Å². The molecule has 2 aromatic heterocycles. The number of hydrogen-bond donors (Lipinski definition) is 4. The molecule has 1 unspecified atom stereocenters. The Morgan fingerprint density at radius 1 is 1.19 bits per heavy atom. The molecule has 0 spiro atoms. The van der Waals surface area contributed by atoms with E-state index in [1.807, 2.05) is 19.1 Å². The van der Waals surface area contributed by atoms with Crippen molar-refractivity contribution in [2.45, 2.75) is 25.9 Å². The van der Waals surface area contributed by atoms with E-state index in [9.17, 15) is 14.0 Å². The van der Waals surface area contributed by atoms with Crippen LogP contribution in [0.5, 0.6) is 0 Å². The molecular weight excluding hydrogens is 415 g/mol. The number of halogens is 1. The summed E-state index contributed by atoms with van der Waals surface area (Å²) in [5.74, 6) is -0.707. The van der Waals surface area contributed by atoms with E-state index in [1.165, 1.54) is 12.1 Å². The molecule has 32 heavy (non-hydrogen) atoms. The number of amides is 1. The second kappa shape index (κ2) is 10.5. The monoisotopic (exact) mass is 440 g/mol. The van der Waals surface area contributed by atoms with Gasteiger partial charge in [0.15, 0.2) is 0 Å². The van der Waals surface area contributed by atoms with Gasteiger partial charge in [0.05, 0.1) is 18.3 Å². The Balaban J connectivity index is 1.81. The molecule has 3 rings (SSSR count). The first kappa shape index (κ1) is 22.9. The lowest BCUT2D eigenvalue weighted by Crippen LogP contribution is -2.44. The van der Waals surface area contributed by atoms with Crippen LogP contribution in [-0.2, 0) is 22.6 Å². The van der Waals surface area contributed by atoms with Crippen LogP contribution in [0.2, 0.25) is 0 Å². The number of nitrogens with zero attached hydrogens (tertiary/aromatic N) is 3. The number of carbonyl (C=O) groups excluding carboxylic acids is 1. The molecule has 1 atom stereocenters. The lowest BCUT2D eigenvalue weighted by molar-refractivity contribution is -0.136. The van der Waals surface area contributed by atoms with Gasteiger partial charge in [-0.15, -0.1) is 0 Å². The lowest BCUT2D eigenvalue weighted by atomic mass is 10.1. The zero-order valence-corrected chi connectivity index (χ0v) is 17.8. The molecule has 2 heterocycles. The predicted molar refractivity (Wildman–Crippen MR) is 119 cm³/mol. The third-order valence-corrected chi connectivity index (χ3v) is 4.81. The second-order valence-corrected chi connectivity index (χ2v) is 7.06. The normalized spacial score (nSPS) is 11.7. The number of pyridine rings is 1. The molecule has 0 saturated heterocycles. The van der Waals surface area contributed by atoms with Crippen molar-refractivity contribution in [3.63, 3.8) is 0 Å². The number of carboxylic acid groups (broad SMARTS) is 1. The summed E-state index contributed by atoms with van der Waals surface area (Å²) in [4.78, 5) is 28.2. The molecule has 10 heteroatoms. The number of carbonyl (C=O) groups is 2. The van der Waals surface area contributed by atoms with Crippen LogP contribution in [0.25, 0.3) is 11.3 Å². The van der Waals surface area contributed by atoms with E-state index in [4.69, 9.17) is 5.11 Å². The summed E-state index contributed by atoms with van der Waals surface area (Å²) in [6, 6.07) is 10.3. The first-order valence-electron chi connectivity index (χ1n) is 10.1. The topological polar surface area (TPSA) is 121 Å². The van der Waals surface area contributed by atoms with Crippen LogP contribution < -0.4 is 16.0 Å². The van der Waals surface area contributed by atoms with Gasteiger partial charge in [-0.3, -0.25) is 14.9 Å². The fraction of sp³-hybridized carbons (Fsp3) is 0.273. The molecule has 9 nitrogen and oxygen atoms in total. The van der Waals surface area contributed by atoms with Gasteiger partial charge < -0.3 is 15.7 Å². The quantitative estimate of drug-likeness (QED) is 0.382. The summed E-state index contributed by atoms with van der Waals surface area (Å²) in [5, 5.41) is 22.1. The molecule has 0 aliphatic carbocycles. The van der Waals surface area contributed by atoms with Crippen LogP contribution in [0.4, 0.5) is 16.0 Å². The van der Waals surface area contributed by atoms with Gasteiger partial charge in [-0.1, -0.05) is 12.1 Å². The molecule has 0 radical (unpaired) electrons. The largest absolute Gasteiger partial charge is 0.480 e. The van der Waals surface area contributed by atoms with Crippen molar-refractivity contribution in [1.82, 2.24) is 20.1 Å². The number of benzene rings is 1. The van der Waals surface area contributed by atoms with E-state index in [0.29, 0.717) is 29.4 Å². The van der Waals surface area contributed by atoms with Crippen molar-refractivity contribution in [2.75, 3.05) is 24.2 Å². The SMILES string of the molecule is CCn1nc(-c2ccnc(NC)c2)cc1NC(=O)C(Cc1ccc(F)cc1)NCC(=O)O. The Bertz CT molecular complexity index is 1080. The zero-order chi connectivity index (χ0) is 23.1. The third-order valence-electron chi connectivity index (χ3n) is 4.81. The van der Waals surface area contributed by atoms with Crippen LogP contribution in [0.3, 0.4) is 0 Å². The standard InChI is InChI=1S/C22H25FN6O3/c1-3-29-20(12-17(28-29)15-8-9-25-19(11-15)24-2)27-22(32)18(26-13-21(30)31)10-14-4-6-16(23)7-5-14/h4-9,11-12,18,26H,3,10,13H2,1-2H3,(H,24,25)(H,27,32)(H,30,31). The first-order chi connectivity index (χ1) is 15.4. The summed E-state index contributed by atoms with van der Waals surface area (Å²) in [7, 11) is 1.77. The summed E-state index contributed by atoms with van der Waals surface area (Å²) in [6.45, 7) is 2.03. The molecule has 0 bridgehead atoms. The van der Waals surface area contributed by atoms with E-state index in [1.54, 1.807) is 36.1 Å².